The summed E-state index contributed by atoms with van der Waals surface area (Å²) in [6, 6.07) is 10.4. The fourth-order valence-electron chi connectivity index (χ4n) is 2.01. The Labute approximate surface area is 128 Å². The van der Waals surface area contributed by atoms with Crippen LogP contribution in [-0.2, 0) is 4.79 Å². The molecular weight excluding hydrogens is 286 g/mol. The average Bonchev–Trinajstić information content (AvgIpc) is 2.49. The molecular formula is C17H18F2N2O. The Morgan fingerprint density at radius 3 is 2.45 bits per heavy atom. The highest BCUT2D eigenvalue weighted by Crippen LogP contribution is 2.14. The van der Waals surface area contributed by atoms with Gasteiger partial charge in [0.25, 0.3) is 0 Å². The van der Waals surface area contributed by atoms with Crippen LogP contribution in [0, 0.1) is 18.6 Å². The van der Waals surface area contributed by atoms with E-state index in [0.717, 1.165) is 5.56 Å². The number of aryl methyl sites for hydroxylation is 1. The molecule has 3 nitrogen and oxygen atoms in total. The second kappa shape index (κ2) is 7.02. The summed E-state index contributed by atoms with van der Waals surface area (Å²) in [4.78, 5) is 11.9. The van der Waals surface area contributed by atoms with Crippen LogP contribution in [0.5, 0.6) is 0 Å². The lowest BCUT2D eigenvalue weighted by Gasteiger charge is -2.15. The van der Waals surface area contributed by atoms with Crippen molar-refractivity contribution in [3.63, 3.8) is 0 Å². The van der Waals surface area contributed by atoms with Gasteiger partial charge >= 0.3 is 0 Å². The smallest absolute Gasteiger partial charge is 0.239 e. The van der Waals surface area contributed by atoms with Gasteiger partial charge in [0, 0.05) is 5.69 Å². The van der Waals surface area contributed by atoms with Crippen molar-refractivity contribution in [3.8, 4) is 0 Å². The van der Waals surface area contributed by atoms with E-state index < -0.39 is 0 Å². The Morgan fingerprint density at radius 2 is 1.82 bits per heavy atom. The molecule has 0 aliphatic rings. The topological polar surface area (TPSA) is 41.1 Å². The molecule has 0 bridgehead atoms. The zero-order valence-electron chi connectivity index (χ0n) is 12.5. The van der Waals surface area contributed by atoms with Gasteiger partial charge < -0.3 is 10.6 Å². The molecule has 2 rings (SSSR count). The maximum atomic E-state index is 13.4. The summed E-state index contributed by atoms with van der Waals surface area (Å²) in [6.45, 7) is 3.53. The molecule has 22 heavy (non-hydrogen) atoms. The van der Waals surface area contributed by atoms with Gasteiger partial charge in [0.05, 0.1) is 12.6 Å². The summed E-state index contributed by atoms with van der Waals surface area (Å²) in [6.07, 6.45) is 0. The molecule has 0 aromatic heterocycles. The summed E-state index contributed by atoms with van der Waals surface area (Å²) in [5.74, 6) is -0.853. The number of amides is 1. The van der Waals surface area contributed by atoms with E-state index >= 15 is 0 Å². The molecule has 0 saturated carbocycles. The van der Waals surface area contributed by atoms with Crippen molar-refractivity contribution in [2.24, 2.45) is 0 Å². The van der Waals surface area contributed by atoms with Gasteiger partial charge in [-0.2, -0.15) is 0 Å². The molecule has 2 N–H and O–H groups in total. The van der Waals surface area contributed by atoms with Gasteiger partial charge in [-0.25, -0.2) is 8.78 Å². The SMILES string of the molecule is Cc1ccc(NCC(=O)N[C@@H](C)c2ccc(F)cc2)cc1F. The molecule has 1 atom stereocenters. The minimum absolute atomic E-state index is 0.0357. The number of benzene rings is 2. The van der Waals surface area contributed by atoms with Crippen molar-refractivity contribution < 1.29 is 13.6 Å². The molecule has 0 aliphatic carbocycles. The zero-order valence-corrected chi connectivity index (χ0v) is 12.5. The fraction of sp³-hybridized carbons (Fsp3) is 0.235. The number of carbonyl (C=O) groups excluding carboxylic acids is 1. The van der Waals surface area contributed by atoms with Crippen LogP contribution in [0.15, 0.2) is 42.5 Å². The second-order valence-corrected chi connectivity index (χ2v) is 5.16. The third-order valence-electron chi connectivity index (χ3n) is 3.37. The van der Waals surface area contributed by atoms with E-state index in [1.807, 2.05) is 6.92 Å². The van der Waals surface area contributed by atoms with Crippen LogP contribution < -0.4 is 10.6 Å². The summed E-state index contributed by atoms with van der Waals surface area (Å²) < 4.78 is 26.3. The summed E-state index contributed by atoms with van der Waals surface area (Å²) in [5, 5.41) is 5.66. The lowest BCUT2D eigenvalue weighted by atomic mass is 10.1. The quantitative estimate of drug-likeness (QED) is 0.887. The minimum atomic E-state index is -0.315. The highest BCUT2D eigenvalue weighted by Gasteiger charge is 2.09. The molecule has 0 spiro atoms. The number of rotatable bonds is 5. The van der Waals surface area contributed by atoms with Crippen molar-refractivity contribution in [2.45, 2.75) is 19.9 Å². The van der Waals surface area contributed by atoms with Crippen molar-refractivity contribution in [1.82, 2.24) is 5.32 Å². The van der Waals surface area contributed by atoms with Gasteiger partial charge in [-0.05, 0) is 49.2 Å². The lowest BCUT2D eigenvalue weighted by Crippen LogP contribution is -2.32. The van der Waals surface area contributed by atoms with Crippen LogP contribution in [0.2, 0.25) is 0 Å². The molecule has 116 valence electrons. The summed E-state index contributed by atoms with van der Waals surface area (Å²) in [5.41, 5.74) is 1.92. The van der Waals surface area contributed by atoms with Crippen LogP contribution in [0.25, 0.3) is 0 Å². The first-order chi connectivity index (χ1) is 10.5. The first-order valence-electron chi connectivity index (χ1n) is 7.00. The molecule has 0 fully saturated rings. The van der Waals surface area contributed by atoms with Crippen LogP contribution in [0.1, 0.15) is 24.1 Å². The predicted molar refractivity (Wildman–Crippen MR) is 82.6 cm³/mol. The van der Waals surface area contributed by atoms with Crippen molar-refractivity contribution in [3.05, 3.63) is 65.2 Å². The third kappa shape index (κ3) is 4.28. The van der Waals surface area contributed by atoms with E-state index in [0.29, 0.717) is 11.3 Å². The fourth-order valence-corrected chi connectivity index (χ4v) is 2.01. The molecule has 2 aromatic carbocycles. The molecule has 0 heterocycles. The molecule has 1 amide bonds. The van der Waals surface area contributed by atoms with E-state index in [2.05, 4.69) is 10.6 Å². The average molecular weight is 304 g/mol. The molecule has 2 aromatic rings. The number of halogens is 2. The number of nitrogens with one attached hydrogen (secondary N) is 2. The Hall–Kier alpha value is -2.43. The minimum Gasteiger partial charge on any atom is -0.376 e. The first-order valence-corrected chi connectivity index (χ1v) is 7.00. The maximum absolute atomic E-state index is 13.4. The number of carbonyl (C=O) groups is 1. The zero-order chi connectivity index (χ0) is 16.1. The van der Waals surface area contributed by atoms with Gasteiger partial charge in [0.2, 0.25) is 5.91 Å². The Balaban J connectivity index is 1.87. The van der Waals surface area contributed by atoms with Crippen LogP contribution in [0.3, 0.4) is 0 Å². The molecule has 5 heteroatoms. The Kier molecular flexibility index (Phi) is 5.09. The Morgan fingerprint density at radius 1 is 1.14 bits per heavy atom. The number of hydrogen-bond donors (Lipinski definition) is 2. The predicted octanol–water partition coefficient (Wildman–Crippen LogP) is 3.56. The number of hydrogen-bond acceptors (Lipinski definition) is 2. The molecule has 0 saturated heterocycles. The Bertz CT molecular complexity index is 656. The van der Waals surface area contributed by atoms with E-state index in [9.17, 15) is 13.6 Å². The highest BCUT2D eigenvalue weighted by molar-refractivity contribution is 5.81. The van der Waals surface area contributed by atoms with E-state index in [1.54, 1.807) is 31.2 Å². The van der Waals surface area contributed by atoms with E-state index in [4.69, 9.17) is 0 Å². The highest BCUT2D eigenvalue weighted by atomic mass is 19.1. The van der Waals surface area contributed by atoms with Gasteiger partial charge in [0.15, 0.2) is 0 Å². The first kappa shape index (κ1) is 15.9. The molecule has 0 aliphatic heterocycles. The van der Waals surface area contributed by atoms with E-state index in [-0.39, 0.29) is 30.1 Å². The second-order valence-electron chi connectivity index (χ2n) is 5.16. The summed E-state index contributed by atoms with van der Waals surface area (Å²) in [7, 11) is 0. The van der Waals surface area contributed by atoms with Gasteiger partial charge in [-0.3, -0.25) is 4.79 Å². The number of anilines is 1. The van der Waals surface area contributed by atoms with Crippen LogP contribution in [0.4, 0.5) is 14.5 Å². The van der Waals surface area contributed by atoms with Gasteiger partial charge in [0.1, 0.15) is 11.6 Å². The van der Waals surface area contributed by atoms with Gasteiger partial charge in [-0.1, -0.05) is 18.2 Å². The largest absolute Gasteiger partial charge is 0.376 e. The van der Waals surface area contributed by atoms with Crippen LogP contribution >= 0.6 is 0 Å². The normalized spacial score (nSPS) is 11.8. The summed E-state index contributed by atoms with van der Waals surface area (Å²) >= 11 is 0. The van der Waals surface area contributed by atoms with Crippen molar-refractivity contribution in [1.29, 1.82) is 0 Å². The van der Waals surface area contributed by atoms with Gasteiger partial charge in [-0.15, -0.1) is 0 Å². The monoisotopic (exact) mass is 304 g/mol. The lowest BCUT2D eigenvalue weighted by molar-refractivity contribution is -0.120. The standard InChI is InChI=1S/C17H18F2N2O/c1-11-3-8-15(9-16(11)19)20-10-17(22)21-12(2)13-4-6-14(18)7-5-13/h3-9,12,20H,10H2,1-2H3,(H,21,22)/t12-/m0/s1. The van der Waals surface area contributed by atoms with Crippen molar-refractivity contribution in [2.75, 3.05) is 11.9 Å². The third-order valence-corrected chi connectivity index (χ3v) is 3.37. The molecule has 0 unspecified atom stereocenters. The maximum Gasteiger partial charge on any atom is 0.239 e. The van der Waals surface area contributed by atoms with Crippen molar-refractivity contribution >= 4 is 11.6 Å². The van der Waals surface area contributed by atoms with E-state index in [1.165, 1.54) is 18.2 Å². The van der Waals surface area contributed by atoms with Crippen LogP contribution in [-0.4, -0.2) is 12.5 Å². The molecule has 0 radical (unpaired) electrons.